The smallest absolute Gasteiger partial charge is 0.124 e. The second-order valence-corrected chi connectivity index (χ2v) is 14.1. The molecule has 0 unspecified atom stereocenters. The number of fused-ring (bicyclic) bond motifs is 8. The first-order chi connectivity index (χ1) is 23.3. The zero-order valence-corrected chi connectivity index (χ0v) is 26.9. The average Bonchev–Trinajstić information content (AvgIpc) is 3.84. The van der Waals surface area contributed by atoms with Gasteiger partial charge in [-0.05, 0) is 76.9 Å². The summed E-state index contributed by atoms with van der Waals surface area (Å²) in [6, 6.07) is 57.2. The van der Waals surface area contributed by atoms with Crippen molar-refractivity contribution in [1.29, 1.82) is 0 Å². The number of thiazole rings is 1. The van der Waals surface area contributed by atoms with Crippen LogP contribution in [-0.4, -0.2) is 9.55 Å². The van der Waals surface area contributed by atoms with Gasteiger partial charge in [-0.3, -0.25) is 0 Å². The molecule has 220 valence electrons. The first-order valence-corrected chi connectivity index (χ1v) is 17.4. The van der Waals surface area contributed by atoms with Gasteiger partial charge in [0.25, 0.3) is 0 Å². The van der Waals surface area contributed by atoms with Crippen molar-refractivity contribution in [3.8, 4) is 38.5 Å². The van der Waals surface area contributed by atoms with E-state index in [0.717, 1.165) is 21.8 Å². The second kappa shape index (κ2) is 10.5. The lowest BCUT2D eigenvalue weighted by Crippen LogP contribution is -1.94. The Morgan fingerprint density at radius 1 is 0.426 bits per heavy atom. The van der Waals surface area contributed by atoms with Crippen molar-refractivity contribution in [2.45, 2.75) is 0 Å². The van der Waals surface area contributed by atoms with Gasteiger partial charge in [0.2, 0.25) is 0 Å². The summed E-state index contributed by atoms with van der Waals surface area (Å²) in [5.74, 6) is 0. The molecule has 0 saturated carbocycles. The summed E-state index contributed by atoms with van der Waals surface area (Å²) in [6.07, 6.45) is 0. The van der Waals surface area contributed by atoms with Gasteiger partial charge in [0.05, 0.1) is 21.3 Å². The van der Waals surface area contributed by atoms with Crippen LogP contribution in [0.1, 0.15) is 0 Å². The molecule has 0 aliphatic rings. The van der Waals surface area contributed by atoms with E-state index in [1.54, 1.807) is 11.3 Å². The molecule has 0 radical (unpaired) electrons. The standard InChI is InChI=1S/C43H26N2S2/c1-3-10-27(11-4-1)30-18-22-38-35(25-30)34-20-21-37-42(47-43(44-37)28-12-5-2-6-13-28)41(34)45(38)32-15-9-14-29(24-32)31-19-23-40-36(26-31)33-16-7-8-17-39(33)46-40/h1-26H. The Labute approximate surface area is 279 Å². The van der Waals surface area contributed by atoms with E-state index >= 15 is 0 Å². The summed E-state index contributed by atoms with van der Waals surface area (Å²) in [6.45, 7) is 0. The Morgan fingerprint density at radius 3 is 1.98 bits per heavy atom. The van der Waals surface area contributed by atoms with Crippen molar-refractivity contribution in [1.82, 2.24) is 9.55 Å². The number of benzene rings is 7. The van der Waals surface area contributed by atoms with E-state index in [2.05, 4.69) is 162 Å². The summed E-state index contributed by atoms with van der Waals surface area (Å²) < 4.78 is 6.31. The summed E-state index contributed by atoms with van der Waals surface area (Å²) >= 11 is 3.64. The molecular formula is C43H26N2S2. The zero-order chi connectivity index (χ0) is 30.9. The van der Waals surface area contributed by atoms with Crippen molar-refractivity contribution < 1.29 is 0 Å². The van der Waals surface area contributed by atoms with Crippen LogP contribution in [0.15, 0.2) is 158 Å². The topological polar surface area (TPSA) is 17.8 Å². The highest BCUT2D eigenvalue weighted by Crippen LogP contribution is 2.43. The molecule has 10 rings (SSSR count). The van der Waals surface area contributed by atoms with Gasteiger partial charge in [-0.1, -0.05) is 103 Å². The fourth-order valence-electron chi connectivity index (χ4n) is 7.00. The Morgan fingerprint density at radius 2 is 1.11 bits per heavy atom. The number of aromatic nitrogens is 2. The van der Waals surface area contributed by atoms with Crippen molar-refractivity contribution in [2.24, 2.45) is 0 Å². The summed E-state index contributed by atoms with van der Waals surface area (Å²) in [5.41, 5.74) is 10.6. The van der Waals surface area contributed by atoms with Crippen molar-refractivity contribution >= 4 is 74.9 Å². The van der Waals surface area contributed by atoms with Crippen LogP contribution in [0.5, 0.6) is 0 Å². The summed E-state index contributed by atoms with van der Waals surface area (Å²) in [5, 5.41) is 6.17. The lowest BCUT2D eigenvalue weighted by atomic mass is 10.0. The van der Waals surface area contributed by atoms with Gasteiger partial charge in [0.1, 0.15) is 5.01 Å². The maximum absolute atomic E-state index is 5.12. The Kier molecular flexibility index (Phi) is 5.95. The molecule has 47 heavy (non-hydrogen) atoms. The van der Waals surface area contributed by atoms with Gasteiger partial charge in [-0.25, -0.2) is 4.98 Å². The van der Waals surface area contributed by atoms with Crippen LogP contribution in [0, 0.1) is 0 Å². The van der Waals surface area contributed by atoms with E-state index in [-0.39, 0.29) is 0 Å². The van der Waals surface area contributed by atoms with Gasteiger partial charge in [-0.15, -0.1) is 22.7 Å². The lowest BCUT2D eigenvalue weighted by molar-refractivity contribution is 1.19. The molecule has 0 spiro atoms. The van der Waals surface area contributed by atoms with Gasteiger partial charge in [0.15, 0.2) is 0 Å². The summed E-state index contributed by atoms with van der Waals surface area (Å²) in [7, 11) is 0. The maximum Gasteiger partial charge on any atom is 0.124 e. The third kappa shape index (κ3) is 4.26. The fourth-order valence-corrected chi connectivity index (χ4v) is 9.19. The fraction of sp³-hybridized carbons (Fsp3) is 0. The number of rotatable bonds is 4. The van der Waals surface area contributed by atoms with E-state index in [0.29, 0.717) is 0 Å². The SMILES string of the molecule is c1ccc(-c2ccc3c(c2)c2ccc4nc(-c5ccccc5)sc4c2n3-c2cccc(-c3ccc4sc5ccccc5c4c3)c2)cc1. The maximum atomic E-state index is 5.12. The highest BCUT2D eigenvalue weighted by Gasteiger charge is 2.19. The van der Waals surface area contributed by atoms with Crippen molar-refractivity contribution in [3.63, 3.8) is 0 Å². The predicted molar refractivity (Wildman–Crippen MR) is 203 cm³/mol. The Balaban J connectivity index is 1.23. The van der Waals surface area contributed by atoms with Gasteiger partial charge in [0, 0.05) is 42.2 Å². The number of nitrogens with zero attached hydrogens (tertiary/aromatic N) is 2. The number of thiophene rings is 1. The van der Waals surface area contributed by atoms with E-state index in [1.165, 1.54) is 68.9 Å². The monoisotopic (exact) mass is 634 g/mol. The van der Waals surface area contributed by atoms with Crippen LogP contribution in [-0.2, 0) is 0 Å². The molecule has 3 heterocycles. The lowest BCUT2D eigenvalue weighted by Gasteiger charge is -2.11. The number of hydrogen-bond acceptors (Lipinski definition) is 3. The van der Waals surface area contributed by atoms with E-state index in [9.17, 15) is 0 Å². The van der Waals surface area contributed by atoms with Crippen LogP contribution in [0.2, 0.25) is 0 Å². The molecule has 3 aromatic heterocycles. The van der Waals surface area contributed by atoms with Crippen molar-refractivity contribution in [3.05, 3.63) is 158 Å². The largest absolute Gasteiger partial charge is 0.308 e. The molecular weight excluding hydrogens is 609 g/mol. The molecule has 10 aromatic rings. The van der Waals surface area contributed by atoms with Crippen LogP contribution in [0.4, 0.5) is 0 Å². The van der Waals surface area contributed by atoms with Crippen LogP contribution < -0.4 is 0 Å². The predicted octanol–water partition coefficient (Wildman–Crippen LogP) is 12.8. The normalized spacial score (nSPS) is 11.8. The second-order valence-electron chi connectivity index (χ2n) is 12.0. The average molecular weight is 635 g/mol. The zero-order valence-electron chi connectivity index (χ0n) is 25.2. The molecule has 0 aliphatic heterocycles. The van der Waals surface area contributed by atoms with Crippen molar-refractivity contribution in [2.75, 3.05) is 0 Å². The molecule has 0 atom stereocenters. The van der Waals surface area contributed by atoms with E-state index in [4.69, 9.17) is 4.98 Å². The van der Waals surface area contributed by atoms with Gasteiger partial charge < -0.3 is 4.57 Å². The highest BCUT2D eigenvalue weighted by atomic mass is 32.1. The Hall–Kier alpha value is -5.55. The summed E-state index contributed by atoms with van der Waals surface area (Å²) in [4.78, 5) is 5.12. The molecule has 4 heteroatoms. The molecule has 0 N–H and O–H groups in total. The third-order valence-electron chi connectivity index (χ3n) is 9.22. The Bertz CT molecular complexity index is 2750. The molecule has 2 nitrogen and oxygen atoms in total. The molecule has 0 aliphatic carbocycles. The minimum absolute atomic E-state index is 1.03. The molecule has 7 aromatic carbocycles. The number of hydrogen-bond donors (Lipinski definition) is 0. The van der Waals surface area contributed by atoms with E-state index in [1.807, 2.05) is 11.3 Å². The first-order valence-electron chi connectivity index (χ1n) is 15.8. The van der Waals surface area contributed by atoms with E-state index < -0.39 is 0 Å². The van der Waals surface area contributed by atoms with Gasteiger partial charge >= 0.3 is 0 Å². The first kappa shape index (κ1) is 26.6. The quantitative estimate of drug-likeness (QED) is 0.188. The minimum atomic E-state index is 1.03. The van der Waals surface area contributed by atoms with Gasteiger partial charge in [-0.2, -0.15) is 0 Å². The van der Waals surface area contributed by atoms with Crippen LogP contribution >= 0.6 is 22.7 Å². The van der Waals surface area contributed by atoms with Crippen LogP contribution in [0.25, 0.3) is 90.7 Å². The molecule has 0 amide bonds. The van der Waals surface area contributed by atoms with Crippen LogP contribution in [0.3, 0.4) is 0 Å². The minimum Gasteiger partial charge on any atom is -0.308 e. The highest BCUT2D eigenvalue weighted by molar-refractivity contribution is 7.25. The molecule has 0 bridgehead atoms. The molecule has 0 saturated heterocycles. The third-order valence-corrected chi connectivity index (χ3v) is 11.5. The molecule has 0 fully saturated rings.